The van der Waals surface area contributed by atoms with E-state index in [0.717, 1.165) is 0 Å². The third-order valence-corrected chi connectivity index (χ3v) is 15.3. The smallest absolute Gasteiger partial charge is 0.173 e. The summed E-state index contributed by atoms with van der Waals surface area (Å²) in [6, 6.07) is 0. The molecule has 0 amide bonds. The maximum absolute atomic E-state index is 14.4. The maximum atomic E-state index is 14.4. The molecule has 37 heavy (non-hydrogen) atoms. The fourth-order valence-corrected chi connectivity index (χ4v) is 15.1. The Labute approximate surface area is 218 Å². The largest absolute Gasteiger partial charge is 0.299 e. The van der Waals surface area contributed by atoms with Gasteiger partial charge in [0, 0.05) is 6.42 Å². The van der Waals surface area contributed by atoms with Crippen LogP contribution in [0.5, 0.6) is 0 Å². The summed E-state index contributed by atoms with van der Waals surface area (Å²) in [7, 11) is -5.38. The van der Waals surface area contributed by atoms with Crippen molar-refractivity contribution in [2.24, 2.45) is 29.1 Å². The molecule has 4 heterocycles. The molecule has 8 nitrogen and oxygen atoms in total. The lowest BCUT2D eigenvalue weighted by Crippen LogP contribution is -2.70. The van der Waals surface area contributed by atoms with Gasteiger partial charge in [0.15, 0.2) is 39.4 Å². The van der Waals surface area contributed by atoms with Crippen molar-refractivity contribution >= 4 is 61.1 Å². The summed E-state index contributed by atoms with van der Waals surface area (Å²) in [5, 5.41) is 0. The summed E-state index contributed by atoms with van der Waals surface area (Å²) in [6.45, 7) is 7.09. The lowest BCUT2D eigenvalue weighted by Gasteiger charge is -2.57. The highest BCUT2D eigenvalue weighted by atomic mass is 31.2. The second-order valence-corrected chi connectivity index (χ2v) is 15.5. The molecule has 6 atom stereocenters. The van der Waals surface area contributed by atoms with E-state index in [1.807, 2.05) is 0 Å². The number of Topliss-reactive ketones (excluding diaryl/α,β-unsaturated/α-hetero) is 4. The Morgan fingerprint density at radius 2 is 0.865 bits per heavy atom. The van der Waals surface area contributed by atoms with Crippen LogP contribution >= 0.6 is 15.8 Å². The van der Waals surface area contributed by atoms with Crippen LogP contribution in [0, 0.1) is 29.1 Å². The Kier molecular flexibility index (Phi) is 7.69. The van der Waals surface area contributed by atoms with Gasteiger partial charge < -0.3 is 0 Å². The highest BCUT2D eigenvalue weighted by Crippen LogP contribution is 2.86. The molecule has 0 radical (unpaired) electrons. The van der Waals surface area contributed by atoms with E-state index >= 15 is 0 Å². The predicted octanol–water partition coefficient (Wildman–Crippen LogP) is 4.13. The molecule has 0 aromatic carbocycles. The topological polar surface area (TPSA) is 137 Å². The van der Waals surface area contributed by atoms with Crippen molar-refractivity contribution in [3.05, 3.63) is 0 Å². The van der Waals surface area contributed by atoms with Gasteiger partial charge in [0.1, 0.15) is 16.1 Å². The van der Waals surface area contributed by atoms with E-state index in [1.165, 1.54) is 0 Å². The third-order valence-electron chi connectivity index (χ3n) is 8.59. The predicted molar refractivity (Wildman–Crippen MR) is 137 cm³/mol. The van der Waals surface area contributed by atoms with Crippen LogP contribution in [0.4, 0.5) is 0 Å². The van der Waals surface area contributed by atoms with Crippen molar-refractivity contribution < 1.29 is 38.4 Å². The van der Waals surface area contributed by atoms with Crippen LogP contribution in [0.3, 0.4) is 0 Å². The molecular weight excluding hydrogens is 514 g/mol. The number of hydrogen-bond donors (Lipinski definition) is 0. The van der Waals surface area contributed by atoms with Crippen LogP contribution in [-0.2, 0) is 38.4 Å². The van der Waals surface area contributed by atoms with Crippen LogP contribution in [0.25, 0.3) is 0 Å². The molecule has 4 saturated heterocycles. The molecule has 0 saturated carbocycles. The first-order valence-corrected chi connectivity index (χ1v) is 16.1. The van der Waals surface area contributed by atoms with Gasteiger partial charge in [-0.05, 0) is 25.7 Å². The summed E-state index contributed by atoms with van der Waals surface area (Å²) in [5.74, 6) is -8.04. The first-order valence-electron chi connectivity index (χ1n) is 13.5. The van der Waals surface area contributed by atoms with Gasteiger partial charge in [-0.15, -0.1) is 0 Å². The first kappa shape index (κ1) is 28.2. The minimum Gasteiger partial charge on any atom is -0.299 e. The van der Waals surface area contributed by atoms with E-state index in [2.05, 4.69) is 0 Å². The quantitative estimate of drug-likeness (QED) is 0.326. The maximum Gasteiger partial charge on any atom is 0.173 e. The molecule has 4 aliphatic heterocycles. The lowest BCUT2D eigenvalue weighted by molar-refractivity contribution is -0.158. The monoisotopic (exact) mass is 548 g/mol. The number of ketones is 4. The summed E-state index contributed by atoms with van der Waals surface area (Å²) < 4.78 is 0. The molecule has 1 spiro atoms. The van der Waals surface area contributed by atoms with Crippen LogP contribution in [0.2, 0.25) is 0 Å². The van der Waals surface area contributed by atoms with Gasteiger partial charge >= 0.3 is 0 Å². The molecule has 2 bridgehead atoms. The van der Waals surface area contributed by atoms with E-state index in [-0.39, 0.29) is 25.7 Å². The Morgan fingerprint density at radius 3 is 1.24 bits per heavy atom. The number of hydrogen-bond acceptors (Lipinski definition) is 8. The minimum absolute atomic E-state index is 0.0896. The number of carbonyl (C=O) groups is 8. The minimum atomic E-state index is -2.72. The normalized spacial score (nSPS) is 39.7. The lowest BCUT2D eigenvalue weighted by atomic mass is 9.61. The Bertz CT molecular complexity index is 1090. The molecular formula is C27H34O8P2. The van der Waals surface area contributed by atoms with Crippen molar-refractivity contribution in [3.8, 4) is 0 Å². The zero-order valence-electron chi connectivity index (χ0n) is 21.8. The van der Waals surface area contributed by atoms with Gasteiger partial charge in [-0.3, -0.25) is 38.4 Å². The average molecular weight is 549 g/mol. The Hall–Kier alpha value is -1.78. The fraction of sp³-hybridized carbons (Fsp3) is 0.704. The van der Waals surface area contributed by atoms with E-state index in [0.29, 0.717) is 25.7 Å². The van der Waals surface area contributed by atoms with E-state index in [1.54, 1.807) is 27.7 Å². The second-order valence-electron chi connectivity index (χ2n) is 10.7. The van der Waals surface area contributed by atoms with E-state index in [9.17, 15) is 38.4 Å². The van der Waals surface area contributed by atoms with Crippen LogP contribution in [-0.4, -0.2) is 50.1 Å². The van der Waals surface area contributed by atoms with Crippen molar-refractivity contribution in [2.45, 2.75) is 90.4 Å². The van der Waals surface area contributed by atoms with Gasteiger partial charge in [-0.25, -0.2) is 0 Å². The van der Waals surface area contributed by atoms with Crippen molar-refractivity contribution in [2.75, 3.05) is 0 Å². The molecule has 0 aromatic heterocycles. The van der Waals surface area contributed by atoms with Crippen LogP contribution in [0.15, 0.2) is 0 Å². The van der Waals surface area contributed by atoms with Gasteiger partial charge in [-0.1, -0.05) is 53.4 Å². The zero-order chi connectivity index (χ0) is 27.4. The van der Waals surface area contributed by atoms with Gasteiger partial charge in [0.25, 0.3) is 0 Å². The van der Waals surface area contributed by atoms with Crippen LogP contribution in [0.1, 0.15) is 85.5 Å². The first-order chi connectivity index (χ1) is 17.5. The highest BCUT2D eigenvalue weighted by molar-refractivity contribution is 8.07. The number of rotatable bonds is 8. The van der Waals surface area contributed by atoms with Crippen molar-refractivity contribution in [1.82, 2.24) is 0 Å². The standard InChI is InChI=1S/C27H34O8P2/c1-5-9-14-18(28)13-26-19(29)15(10-6-2)23(33)37(24(34)16(11-7-3)20(26)30)27(26)21(31)17(12-8-4)25(35)36(27)22(14)32/h14-17H,5-13H2,1-4H3. The zero-order valence-corrected chi connectivity index (χ0v) is 23.6. The average Bonchev–Trinajstić information content (AvgIpc) is 3.01. The third kappa shape index (κ3) is 3.40. The SMILES string of the molecule is CCCC1C(=O)CC23C(=O)C(CCC)C(=O)P(C(=O)C(CCC)C2=O)C32C(=O)C(CCC)C(=O)P2C1=O. The molecule has 0 aromatic rings. The molecule has 4 aliphatic rings. The molecule has 6 unspecified atom stereocenters. The van der Waals surface area contributed by atoms with E-state index in [4.69, 9.17) is 0 Å². The summed E-state index contributed by atoms with van der Waals surface area (Å²) >= 11 is 0. The Balaban J connectivity index is 2.15. The van der Waals surface area contributed by atoms with Gasteiger partial charge in [-0.2, -0.15) is 0 Å². The molecule has 10 heteroatoms. The van der Waals surface area contributed by atoms with E-state index < -0.39 is 101 Å². The molecule has 0 N–H and O–H groups in total. The fourth-order valence-electron chi connectivity index (χ4n) is 7.05. The molecule has 0 aliphatic carbocycles. The van der Waals surface area contributed by atoms with Crippen molar-refractivity contribution in [1.29, 1.82) is 0 Å². The summed E-state index contributed by atoms with van der Waals surface area (Å²) in [6.07, 6.45) is 1.45. The molecule has 4 rings (SSSR count). The highest BCUT2D eigenvalue weighted by Gasteiger charge is 2.86. The van der Waals surface area contributed by atoms with Crippen LogP contribution < -0.4 is 0 Å². The Morgan fingerprint density at radius 1 is 0.541 bits per heavy atom. The van der Waals surface area contributed by atoms with Crippen molar-refractivity contribution in [3.63, 3.8) is 0 Å². The summed E-state index contributed by atoms with van der Waals surface area (Å²) in [4.78, 5) is 111. The molecule has 200 valence electrons. The number of carbonyl (C=O) groups excluding carboxylic acids is 8. The summed E-state index contributed by atoms with van der Waals surface area (Å²) in [5.41, 5.74) is -5.04. The second kappa shape index (κ2) is 10.1. The van der Waals surface area contributed by atoms with Gasteiger partial charge in [0.2, 0.25) is 0 Å². The van der Waals surface area contributed by atoms with Gasteiger partial charge in [0.05, 0.1) is 39.5 Å². The molecule has 4 fully saturated rings.